The molecule has 2 nitrogen and oxygen atoms in total. The lowest BCUT2D eigenvalue weighted by Gasteiger charge is -2.17. The summed E-state index contributed by atoms with van der Waals surface area (Å²) in [6, 6.07) is 3.84. The van der Waals surface area contributed by atoms with E-state index >= 15 is 0 Å². The molecule has 1 aromatic carbocycles. The molecule has 0 atom stereocenters. The van der Waals surface area contributed by atoms with E-state index in [9.17, 15) is 10.2 Å². The maximum Gasteiger partial charge on any atom is 0.160 e. The average Bonchev–Trinajstić information content (AvgIpc) is 2.48. The van der Waals surface area contributed by atoms with Crippen LogP contribution in [0.25, 0.3) is 0 Å². The van der Waals surface area contributed by atoms with Gasteiger partial charge in [0.2, 0.25) is 0 Å². The lowest BCUT2D eigenvalue weighted by molar-refractivity contribution is 0.357. The van der Waals surface area contributed by atoms with Gasteiger partial charge in [-0.25, -0.2) is 0 Å². The summed E-state index contributed by atoms with van der Waals surface area (Å²) in [5, 5.41) is 20.2. The molecule has 0 aliphatic carbocycles. The Morgan fingerprint density at radius 2 is 1.15 bits per heavy atom. The Balaban J connectivity index is 2.44. The summed E-state index contributed by atoms with van der Waals surface area (Å²) in [6.45, 7) is 13.7. The Labute approximate surface area is 162 Å². The van der Waals surface area contributed by atoms with Crippen molar-refractivity contribution < 1.29 is 10.2 Å². The van der Waals surface area contributed by atoms with E-state index in [0.717, 1.165) is 36.8 Å². The number of rotatable bonds is 10. The molecule has 0 spiro atoms. The molecule has 0 radical (unpaired) electrons. The van der Waals surface area contributed by atoms with Crippen LogP contribution in [0.3, 0.4) is 0 Å². The lowest BCUT2D eigenvalue weighted by atomic mass is 9.89. The van der Waals surface area contributed by atoms with E-state index in [4.69, 9.17) is 0 Å². The molecule has 0 aliphatic heterocycles. The van der Waals surface area contributed by atoms with Gasteiger partial charge in [-0.1, -0.05) is 73.3 Å². The van der Waals surface area contributed by atoms with Gasteiger partial charge in [0.15, 0.2) is 11.5 Å². The van der Waals surface area contributed by atoms with Gasteiger partial charge in [0.05, 0.1) is 0 Å². The predicted molar refractivity (Wildman–Crippen MR) is 113 cm³/mol. The van der Waals surface area contributed by atoms with Crippen molar-refractivity contribution in [3.05, 3.63) is 23.3 Å². The average molecular weight is 363 g/mol. The van der Waals surface area contributed by atoms with Crippen LogP contribution in [0.2, 0.25) is 0 Å². The van der Waals surface area contributed by atoms with Crippen molar-refractivity contribution in [3.63, 3.8) is 0 Å². The van der Waals surface area contributed by atoms with Gasteiger partial charge < -0.3 is 10.2 Å². The van der Waals surface area contributed by atoms with Crippen LogP contribution < -0.4 is 0 Å². The monoisotopic (exact) mass is 362 g/mol. The fourth-order valence-electron chi connectivity index (χ4n) is 3.39. The maximum absolute atomic E-state index is 10.2. The van der Waals surface area contributed by atoms with Gasteiger partial charge in [0.25, 0.3) is 0 Å². The molecule has 2 N–H and O–H groups in total. The Kier molecular flexibility index (Phi) is 9.00. The zero-order valence-electron chi connectivity index (χ0n) is 18.1. The van der Waals surface area contributed by atoms with Crippen molar-refractivity contribution in [3.8, 4) is 11.5 Å². The molecule has 26 heavy (non-hydrogen) atoms. The van der Waals surface area contributed by atoms with E-state index in [2.05, 4.69) is 47.6 Å². The summed E-state index contributed by atoms with van der Waals surface area (Å²) in [5.41, 5.74) is 2.87. The van der Waals surface area contributed by atoms with E-state index in [0.29, 0.717) is 10.8 Å². The number of phenols is 2. The first kappa shape index (κ1) is 22.9. The van der Waals surface area contributed by atoms with Crippen LogP contribution in [0, 0.1) is 10.8 Å². The molecule has 0 bridgehead atoms. The number of hydrogen-bond acceptors (Lipinski definition) is 2. The largest absolute Gasteiger partial charge is 0.504 e. The third kappa shape index (κ3) is 10.1. The van der Waals surface area contributed by atoms with Crippen LogP contribution >= 0.6 is 0 Å². The van der Waals surface area contributed by atoms with Crippen LogP contribution in [0.1, 0.15) is 104 Å². The molecule has 0 aliphatic rings. The topological polar surface area (TPSA) is 40.5 Å². The summed E-state index contributed by atoms with van der Waals surface area (Å²) in [5.74, 6) is 0.124. The highest BCUT2D eigenvalue weighted by molar-refractivity contribution is 5.47. The fourth-order valence-corrected chi connectivity index (χ4v) is 3.39. The minimum atomic E-state index is 0.0434. The number of aryl methyl sites for hydroxylation is 2. The molecular weight excluding hydrogens is 320 g/mol. The SMILES string of the molecule is CC(C)(C)CCCCCc1cc(O)c(O)c(CCCCCC(C)(C)C)c1. The first-order chi connectivity index (χ1) is 12.0. The van der Waals surface area contributed by atoms with Gasteiger partial charge >= 0.3 is 0 Å². The quantitative estimate of drug-likeness (QED) is 0.336. The molecular formula is C24H42O2. The van der Waals surface area contributed by atoms with E-state index < -0.39 is 0 Å². The molecule has 1 aromatic rings. The summed E-state index contributed by atoms with van der Waals surface area (Å²) in [7, 11) is 0. The number of phenolic OH excluding ortho intramolecular Hbond substituents is 2. The van der Waals surface area contributed by atoms with Gasteiger partial charge in [0.1, 0.15) is 0 Å². The van der Waals surface area contributed by atoms with E-state index in [1.165, 1.54) is 38.5 Å². The van der Waals surface area contributed by atoms with Gasteiger partial charge in [0, 0.05) is 0 Å². The highest BCUT2D eigenvalue weighted by atomic mass is 16.3. The lowest BCUT2D eigenvalue weighted by Crippen LogP contribution is -2.04. The second-order valence-corrected chi connectivity index (χ2v) is 10.4. The third-order valence-corrected chi connectivity index (χ3v) is 4.99. The maximum atomic E-state index is 10.2. The Bertz CT molecular complexity index is 532. The molecule has 0 saturated heterocycles. The van der Waals surface area contributed by atoms with Crippen molar-refractivity contribution in [2.75, 3.05) is 0 Å². The smallest absolute Gasteiger partial charge is 0.160 e. The molecule has 0 aromatic heterocycles. The number of unbranched alkanes of at least 4 members (excludes halogenated alkanes) is 4. The minimum Gasteiger partial charge on any atom is -0.504 e. The van der Waals surface area contributed by atoms with Crippen LogP contribution in [-0.2, 0) is 12.8 Å². The van der Waals surface area contributed by atoms with Crippen molar-refractivity contribution in [1.82, 2.24) is 0 Å². The zero-order chi connectivity index (χ0) is 19.8. The first-order valence-corrected chi connectivity index (χ1v) is 10.5. The standard InChI is InChI=1S/C24H42O2/c1-23(2,3)15-11-7-9-13-19-17-20(22(26)21(25)18-19)14-10-8-12-16-24(4,5)6/h17-18,25-26H,7-16H2,1-6H3. The number of benzene rings is 1. The molecule has 1 rings (SSSR count). The zero-order valence-corrected chi connectivity index (χ0v) is 18.1. The fraction of sp³-hybridized carbons (Fsp3) is 0.750. The summed E-state index contributed by atoms with van der Waals surface area (Å²) < 4.78 is 0. The van der Waals surface area contributed by atoms with Crippen molar-refractivity contribution in [2.45, 2.75) is 106 Å². The molecule has 0 amide bonds. The van der Waals surface area contributed by atoms with Crippen LogP contribution in [-0.4, -0.2) is 10.2 Å². The molecule has 0 heterocycles. The van der Waals surface area contributed by atoms with Gasteiger partial charge in [-0.15, -0.1) is 0 Å². The summed E-state index contributed by atoms with van der Waals surface area (Å²) >= 11 is 0. The molecule has 0 saturated carbocycles. The molecule has 0 unspecified atom stereocenters. The van der Waals surface area contributed by atoms with E-state index in [1.54, 1.807) is 6.07 Å². The minimum absolute atomic E-state index is 0.0434. The van der Waals surface area contributed by atoms with E-state index in [-0.39, 0.29) is 11.5 Å². The van der Waals surface area contributed by atoms with Crippen molar-refractivity contribution >= 4 is 0 Å². The van der Waals surface area contributed by atoms with Gasteiger partial charge in [-0.05, 0) is 66.5 Å². The first-order valence-electron chi connectivity index (χ1n) is 10.5. The van der Waals surface area contributed by atoms with Gasteiger partial charge in [-0.2, -0.15) is 0 Å². The molecule has 150 valence electrons. The van der Waals surface area contributed by atoms with Crippen LogP contribution in [0.4, 0.5) is 0 Å². The Morgan fingerprint density at radius 1 is 0.654 bits per heavy atom. The normalized spacial score (nSPS) is 12.5. The van der Waals surface area contributed by atoms with Crippen molar-refractivity contribution in [1.29, 1.82) is 0 Å². The highest BCUT2D eigenvalue weighted by Crippen LogP contribution is 2.33. The summed E-state index contributed by atoms with van der Waals surface area (Å²) in [4.78, 5) is 0. The predicted octanol–water partition coefficient (Wildman–Crippen LogP) is 7.40. The van der Waals surface area contributed by atoms with Crippen LogP contribution in [0.15, 0.2) is 12.1 Å². The van der Waals surface area contributed by atoms with Crippen LogP contribution in [0.5, 0.6) is 11.5 Å². The third-order valence-electron chi connectivity index (χ3n) is 4.99. The number of hydrogen-bond donors (Lipinski definition) is 2. The second kappa shape index (κ2) is 10.2. The summed E-state index contributed by atoms with van der Waals surface area (Å²) in [6.07, 6.45) is 11.4. The number of aromatic hydroxyl groups is 2. The molecule has 0 fully saturated rings. The Morgan fingerprint density at radius 3 is 1.65 bits per heavy atom. The second-order valence-electron chi connectivity index (χ2n) is 10.4. The van der Waals surface area contributed by atoms with Crippen molar-refractivity contribution in [2.24, 2.45) is 10.8 Å². The molecule has 2 heteroatoms. The Hall–Kier alpha value is -1.18. The van der Waals surface area contributed by atoms with Gasteiger partial charge in [-0.3, -0.25) is 0 Å². The van der Waals surface area contributed by atoms with E-state index in [1.807, 2.05) is 0 Å². The highest BCUT2D eigenvalue weighted by Gasteiger charge is 2.12.